The van der Waals surface area contributed by atoms with Crippen molar-refractivity contribution in [2.24, 2.45) is 0 Å². The molecule has 2 rings (SSSR count). The van der Waals surface area contributed by atoms with Crippen LogP contribution in [0, 0.1) is 0 Å². The van der Waals surface area contributed by atoms with Gasteiger partial charge < -0.3 is 19.9 Å². The fraction of sp³-hybridized carbons (Fsp3) is 1.00. The number of rotatable bonds is 5. The minimum Gasteiger partial charge on any atom is -0.379 e. The minimum absolute atomic E-state index is 0.567. The fourth-order valence-corrected chi connectivity index (χ4v) is 3.02. The van der Waals surface area contributed by atoms with Crippen molar-refractivity contribution in [3.63, 3.8) is 0 Å². The lowest BCUT2D eigenvalue weighted by atomic mass is 10.0. The molecule has 0 aromatic heterocycles. The number of nitrogens with zero attached hydrogens (tertiary/aromatic N) is 2. The summed E-state index contributed by atoms with van der Waals surface area (Å²) < 4.78 is 5.50. The van der Waals surface area contributed by atoms with Crippen LogP contribution in [-0.4, -0.2) is 74.9 Å². The van der Waals surface area contributed by atoms with Gasteiger partial charge in [0.15, 0.2) is 0 Å². The van der Waals surface area contributed by atoms with Gasteiger partial charge in [0.05, 0.1) is 13.2 Å². The number of hydrogen-bond acceptors (Lipinski definition) is 4. The summed E-state index contributed by atoms with van der Waals surface area (Å²) in [5.74, 6) is 0. The Morgan fingerprint density at radius 2 is 2.11 bits per heavy atom. The minimum atomic E-state index is 0.567. The van der Waals surface area contributed by atoms with Crippen LogP contribution in [0.4, 0.5) is 0 Å². The Morgan fingerprint density at radius 3 is 2.72 bits per heavy atom. The SMILES string of the molecule is CCN1CCC(N(C)CCC2COCCN2)CC1. The van der Waals surface area contributed by atoms with Crippen LogP contribution in [0.25, 0.3) is 0 Å². The number of morpholine rings is 1. The first-order valence-electron chi connectivity index (χ1n) is 7.53. The molecule has 0 spiro atoms. The number of likely N-dealkylation sites (tertiary alicyclic amines) is 1. The lowest BCUT2D eigenvalue weighted by Crippen LogP contribution is -2.46. The van der Waals surface area contributed by atoms with Crippen molar-refractivity contribution in [3.05, 3.63) is 0 Å². The van der Waals surface area contributed by atoms with Crippen LogP contribution in [0.3, 0.4) is 0 Å². The van der Waals surface area contributed by atoms with Gasteiger partial charge in [-0.05, 0) is 52.5 Å². The molecular formula is C14H29N3O. The standard InChI is InChI=1S/C14H29N3O/c1-3-17-9-5-14(6-10-17)16(2)8-4-13-12-18-11-7-15-13/h13-15H,3-12H2,1-2H3. The smallest absolute Gasteiger partial charge is 0.0620 e. The van der Waals surface area contributed by atoms with E-state index >= 15 is 0 Å². The normalized spacial score (nSPS) is 27.8. The second-order valence-electron chi connectivity index (χ2n) is 5.66. The molecule has 1 unspecified atom stereocenters. The van der Waals surface area contributed by atoms with Crippen LogP contribution in [0.15, 0.2) is 0 Å². The molecule has 0 radical (unpaired) electrons. The predicted molar refractivity (Wildman–Crippen MR) is 75.0 cm³/mol. The third kappa shape index (κ3) is 4.19. The molecule has 106 valence electrons. The highest BCUT2D eigenvalue weighted by Crippen LogP contribution is 2.15. The van der Waals surface area contributed by atoms with E-state index in [1.807, 2.05) is 0 Å². The predicted octanol–water partition coefficient (Wildman–Crippen LogP) is 0.781. The van der Waals surface area contributed by atoms with Crippen molar-refractivity contribution in [3.8, 4) is 0 Å². The maximum Gasteiger partial charge on any atom is 0.0620 e. The monoisotopic (exact) mass is 255 g/mol. The van der Waals surface area contributed by atoms with Crippen molar-refractivity contribution in [1.29, 1.82) is 0 Å². The Kier molecular flexibility index (Phi) is 5.89. The molecule has 0 amide bonds. The molecule has 4 heteroatoms. The molecule has 0 aliphatic carbocycles. The number of ether oxygens (including phenoxy) is 1. The van der Waals surface area contributed by atoms with Gasteiger partial charge >= 0.3 is 0 Å². The molecule has 4 nitrogen and oxygen atoms in total. The average Bonchev–Trinajstić information content (AvgIpc) is 2.46. The van der Waals surface area contributed by atoms with Crippen molar-refractivity contribution in [2.75, 3.05) is 53.0 Å². The van der Waals surface area contributed by atoms with E-state index in [1.165, 1.54) is 45.4 Å². The molecule has 2 fully saturated rings. The summed E-state index contributed by atoms with van der Waals surface area (Å²) in [5, 5.41) is 3.53. The summed E-state index contributed by atoms with van der Waals surface area (Å²) in [6.45, 7) is 10.00. The largest absolute Gasteiger partial charge is 0.379 e. The quantitative estimate of drug-likeness (QED) is 0.786. The fourth-order valence-electron chi connectivity index (χ4n) is 3.02. The first-order valence-corrected chi connectivity index (χ1v) is 7.53. The van der Waals surface area contributed by atoms with Gasteiger partial charge in [0.25, 0.3) is 0 Å². The molecule has 2 aliphatic rings. The molecule has 18 heavy (non-hydrogen) atoms. The van der Waals surface area contributed by atoms with Crippen molar-refractivity contribution in [2.45, 2.75) is 38.3 Å². The molecule has 0 aromatic carbocycles. The number of nitrogens with one attached hydrogen (secondary N) is 1. The Hall–Kier alpha value is -0.160. The summed E-state index contributed by atoms with van der Waals surface area (Å²) >= 11 is 0. The first kappa shape index (κ1) is 14.3. The zero-order chi connectivity index (χ0) is 12.8. The topological polar surface area (TPSA) is 27.7 Å². The highest BCUT2D eigenvalue weighted by Gasteiger charge is 2.22. The van der Waals surface area contributed by atoms with Crippen LogP contribution >= 0.6 is 0 Å². The molecule has 2 aliphatic heterocycles. The van der Waals surface area contributed by atoms with Crippen molar-refractivity contribution >= 4 is 0 Å². The van der Waals surface area contributed by atoms with Crippen LogP contribution in [0.1, 0.15) is 26.2 Å². The van der Waals surface area contributed by atoms with E-state index in [1.54, 1.807) is 0 Å². The van der Waals surface area contributed by atoms with E-state index in [9.17, 15) is 0 Å². The van der Waals surface area contributed by atoms with E-state index in [4.69, 9.17) is 4.74 Å². The molecule has 0 bridgehead atoms. The molecule has 2 saturated heterocycles. The average molecular weight is 255 g/mol. The van der Waals surface area contributed by atoms with Crippen LogP contribution in [-0.2, 0) is 4.74 Å². The van der Waals surface area contributed by atoms with E-state index in [0.717, 1.165) is 25.8 Å². The summed E-state index contributed by atoms with van der Waals surface area (Å²) in [6.07, 6.45) is 3.88. The number of hydrogen-bond donors (Lipinski definition) is 1. The Balaban J connectivity index is 1.63. The maximum absolute atomic E-state index is 5.50. The summed E-state index contributed by atoms with van der Waals surface area (Å²) in [5.41, 5.74) is 0. The third-order valence-electron chi connectivity index (χ3n) is 4.46. The Morgan fingerprint density at radius 1 is 1.33 bits per heavy atom. The molecular weight excluding hydrogens is 226 g/mol. The van der Waals surface area contributed by atoms with E-state index < -0.39 is 0 Å². The van der Waals surface area contributed by atoms with Crippen LogP contribution in [0.2, 0.25) is 0 Å². The highest BCUT2D eigenvalue weighted by molar-refractivity contribution is 4.79. The van der Waals surface area contributed by atoms with E-state index in [0.29, 0.717) is 6.04 Å². The van der Waals surface area contributed by atoms with Crippen LogP contribution < -0.4 is 5.32 Å². The highest BCUT2D eigenvalue weighted by atomic mass is 16.5. The van der Waals surface area contributed by atoms with E-state index in [2.05, 4.69) is 29.1 Å². The number of piperidine rings is 1. The van der Waals surface area contributed by atoms with Gasteiger partial charge in [0, 0.05) is 18.6 Å². The van der Waals surface area contributed by atoms with E-state index in [-0.39, 0.29) is 0 Å². The zero-order valence-corrected chi connectivity index (χ0v) is 12.0. The van der Waals surface area contributed by atoms with Gasteiger partial charge in [-0.1, -0.05) is 6.92 Å². The Bertz CT molecular complexity index is 223. The Labute approximate surface area is 112 Å². The summed E-state index contributed by atoms with van der Waals surface area (Å²) in [4.78, 5) is 5.12. The molecule has 0 aromatic rings. The van der Waals surface area contributed by atoms with Gasteiger partial charge in [-0.25, -0.2) is 0 Å². The van der Waals surface area contributed by atoms with Crippen molar-refractivity contribution < 1.29 is 4.74 Å². The van der Waals surface area contributed by atoms with Gasteiger partial charge in [0.2, 0.25) is 0 Å². The van der Waals surface area contributed by atoms with Crippen molar-refractivity contribution in [1.82, 2.24) is 15.1 Å². The van der Waals surface area contributed by atoms with Gasteiger partial charge in [-0.15, -0.1) is 0 Å². The second kappa shape index (κ2) is 7.43. The third-order valence-corrected chi connectivity index (χ3v) is 4.46. The second-order valence-corrected chi connectivity index (χ2v) is 5.66. The maximum atomic E-state index is 5.50. The lowest BCUT2D eigenvalue weighted by Gasteiger charge is -2.37. The summed E-state index contributed by atoms with van der Waals surface area (Å²) in [7, 11) is 2.29. The summed E-state index contributed by atoms with van der Waals surface area (Å²) in [6, 6.07) is 1.36. The molecule has 0 saturated carbocycles. The molecule has 1 atom stereocenters. The first-order chi connectivity index (χ1) is 8.79. The molecule has 2 heterocycles. The van der Waals surface area contributed by atoms with Gasteiger partial charge in [0.1, 0.15) is 0 Å². The van der Waals surface area contributed by atoms with Gasteiger partial charge in [-0.3, -0.25) is 0 Å². The lowest BCUT2D eigenvalue weighted by molar-refractivity contribution is 0.0656. The zero-order valence-electron chi connectivity index (χ0n) is 12.0. The van der Waals surface area contributed by atoms with Gasteiger partial charge in [-0.2, -0.15) is 0 Å². The molecule has 1 N–H and O–H groups in total. The van der Waals surface area contributed by atoms with Crippen LogP contribution in [0.5, 0.6) is 0 Å².